The molecular formula is C16H25N3O2. The quantitative estimate of drug-likeness (QED) is 0.780. The Hall–Kier alpha value is -1.75. The van der Waals surface area contributed by atoms with Gasteiger partial charge in [-0.25, -0.2) is 4.79 Å². The first-order valence-corrected chi connectivity index (χ1v) is 7.65. The highest BCUT2D eigenvalue weighted by molar-refractivity contribution is 5.91. The molecule has 0 aliphatic heterocycles. The first kappa shape index (κ1) is 15.6. The van der Waals surface area contributed by atoms with Crippen LogP contribution in [0.2, 0.25) is 0 Å². The van der Waals surface area contributed by atoms with Crippen LogP contribution in [-0.4, -0.2) is 25.7 Å². The number of hydrogen-bond acceptors (Lipinski definition) is 3. The molecule has 1 aliphatic rings. The average molecular weight is 291 g/mol. The molecule has 0 bridgehead atoms. The number of ether oxygens (including phenoxy) is 1. The van der Waals surface area contributed by atoms with Crippen molar-refractivity contribution in [3.05, 3.63) is 24.3 Å². The smallest absolute Gasteiger partial charge is 0.319 e. The number of carbonyl (C=O) groups is 1. The van der Waals surface area contributed by atoms with E-state index in [2.05, 4.69) is 10.6 Å². The number of nitrogens with one attached hydrogen (secondary N) is 2. The maximum Gasteiger partial charge on any atom is 0.319 e. The summed E-state index contributed by atoms with van der Waals surface area (Å²) in [5, 5.41) is 5.84. The second-order valence-electron chi connectivity index (χ2n) is 5.54. The summed E-state index contributed by atoms with van der Waals surface area (Å²) in [5.41, 5.74) is 6.50. The molecule has 1 aliphatic carbocycles. The lowest BCUT2D eigenvalue weighted by atomic mass is 9.84. The van der Waals surface area contributed by atoms with Gasteiger partial charge in [0.2, 0.25) is 0 Å². The molecule has 21 heavy (non-hydrogen) atoms. The van der Waals surface area contributed by atoms with Crippen molar-refractivity contribution in [2.75, 3.05) is 19.0 Å². The van der Waals surface area contributed by atoms with Crippen LogP contribution in [0.3, 0.4) is 0 Å². The number of amides is 2. The second-order valence-corrected chi connectivity index (χ2v) is 5.54. The molecule has 0 radical (unpaired) electrons. The fourth-order valence-electron chi connectivity index (χ4n) is 2.98. The van der Waals surface area contributed by atoms with Crippen LogP contribution in [0.5, 0.6) is 5.75 Å². The molecule has 0 heterocycles. The summed E-state index contributed by atoms with van der Waals surface area (Å²) in [7, 11) is 1.59. The van der Waals surface area contributed by atoms with Gasteiger partial charge in [0.05, 0.1) is 12.8 Å². The lowest BCUT2D eigenvalue weighted by Crippen LogP contribution is -2.47. The highest BCUT2D eigenvalue weighted by Crippen LogP contribution is 2.26. The minimum absolute atomic E-state index is 0.0417. The number of carbonyl (C=O) groups excluding carboxylic acids is 1. The van der Waals surface area contributed by atoms with Gasteiger partial charge in [-0.1, -0.05) is 31.4 Å². The molecule has 0 spiro atoms. The van der Waals surface area contributed by atoms with Gasteiger partial charge in [-0.2, -0.15) is 0 Å². The van der Waals surface area contributed by atoms with Gasteiger partial charge in [0.1, 0.15) is 5.75 Å². The third-order valence-corrected chi connectivity index (χ3v) is 4.14. The van der Waals surface area contributed by atoms with Crippen molar-refractivity contribution in [3.63, 3.8) is 0 Å². The molecule has 1 unspecified atom stereocenters. The number of nitrogens with two attached hydrogens (primary N) is 1. The van der Waals surface area contributed by atoms with Crippen molar-refractivity contribution >= 4 is 11.7 Å². The lowest BCUT2D eigenvalue weighted by molar-refractivity contribution is 0.232. The summed E-state index contributed by atoms with van der Waals surface area (Å²) in [6, 6.07) is 7.18. The molecule has 116 valence electrons. The normalized spacial score (nSPS) is 17.0. The number of urea groups is 1. The number of methoxy groups -OCH3 is 1. The highest BCUT2D eigenvalue weighted by Gasteiger charge is 2.24. The first-order chi connectivity index (χ1) is 10.2. The third kappa shape index (κ3) is 4.36. The molecule has 1 fully saturated rings. The zero-order valence-electron chi connectivity index (χ0n) is 12.6. The molecule has 0 aromatic heterocycles. The van der Waals surface area contributed by atoms with E-state index >= 15 is 0 Å². The molecule has 1 aromatic rings. The highest BCUT2D eigenvalue weighted by atomic mass is 16.5. The third-order valence-electron chi connectivity index (χ3n) is 4.14. The molecule has 2 rings (SSSR count). The Labute approximate surface area is 126 Å². The van der Waals surface area contributed by atoms with Gasteiger partial charge >= 0.3 is 6.03 Å². The minimum Gasteiger partial charge on any atom is -0.495 e. The largest absolute Gasteiger partial charge is 0.495 e. The van der Waals surface area contributed by atoms with Gasteiger partial charge in [0, 0.05) is 12.6 Å². The predicted octanol–water partition coefficient (Wildman–Crippen LogP) is 2.72. The Morgan fingerprint density at radius 2 is 2.05 bits per heavy atom. The summed E-state index contributed by atoms with van der Waals surface area (Å²) in [6.07, 6.45) is 6.06. The van der Waals surface area contributed by atoms with E-state index in [1.807, 2.05) is 24.3 Å². The molecule has 4 N–H and O–H groups in total. The van der Waals surface area contributed by atoms with E-state index in [1.165, 1.54) is 19.3 Å². The lowest BCUT2D eigenvalue weighted by Gasteiger charge is -2.30. The standard InChI is InChI=1S/C16H25N3O2/c1-21-15-10-6-5-9-13(15)18-16(20)19-14(11-17)12-7-3-2-4-8-12/h5-6,9-10,12,14H,2-4,7-8,11,17H2,1H3,(H2,18,19,20). The molecular weight excluding hydrogens is 266 g/mol. The molecule has 5 nitrogen and oxygen atoms in total. The summed E-state index contributed by atoms with van der Waals surface area (Å²) in [4.78, 5) is 12.2. The number of rotatable bonds is 5. The van der Waals surface area contributed by atoms with E-state index < -0.39 is 0 Å². The summed E-state index contributed by atoms with van der Waals surface area (Å²) in [6.45, 7) is 0.476. The van der Waals surface area contributed by atoms with Crippen LogP contribution >= 0.6 is 0 Å². The van der Waals surface area contributed by atoms with Crippen molar-refractivity contribution < 1.29 is 9.53 Å². The van der Waals surface area contributed by atoms with E-state index in [0.29, 0.717) is 23.9 Å². The van der Waals surface area contributed by atoms with Gasteiger partial charge in [-0.3, -0.25) is 0 Å². The van der Waals surface area contributed by atoms with Crippen molar-refractivity contribution in [3.8, 4) is 5.75 Å². The van der Waals surface area contributed by atoms with Crippen LogP contribution in [0.25, 0.3) is 0 Å². The predicted molar refractivity (Wildman–Crippen MR) is 84.6 cm³/mol. The Kier molecular flexibility index (Phi) is 5.87. The van der Waals surface area contributed by atoms with Crippen LogP contribution < -0.4 is 21.1 Å². The monoisotopic (exact) mass is 291 g/mol. The fourth-order valence-corrected chi connectivity index (χ4v) is 2.98. The van der Waals surface area contributed by atoms with Crippen molar-refractivity contribution in [1.82, 2.24) is 5.32 Å². The van der Waals surface area contributed by atoms with Gasteiger partial charge in [-0.15, -0.1) is 0 Å². The van der Waals surface area contributed by atoms with Crippen molar-refractivity contribution in [2.45, 2.75) is 38.1 Å². The van der Waals surface area contributed by atoms with E-state index in [-0.39, 0.29) is 12.1 Å². The molecule has 2 amide bonds. The molecule has 1 saturated carbocycles. The number of para-hydroxylation sites is 2. The number of anilines is 1. The molecule has 0 saturated heterocycles. The average Bonchev–Trinajstić information content (AvgIpc) is 2.54. The van der Waals surface area contributed by atoms with Crippen molar-refractivity contribution in [2.24, 2.45) is 11.7 Å². The second kappa shape index (κ2) is 7.88. The van der Waals surface area contributed by atoms with E-state index in [0.717, 1.165) is 12.8 Å². The van der Waals surface area contributed by atoms with E-state index in [9.17, 15) is 4.79 Å². The van der Waals surface area contributed by atoms with Gasteiger partial charge < -0.3 is 21.1 Å². The minimum atomic E-state index is -0.222. The summed E-state index contributed by atoms with van der Waals surface area (Å²) < 4.78 is 5.23. The maximum atomic E-state index is 12.2. The maximum absolute atomic E-state index is 12.2. The summed E-state index contributed by atoms with van der Waals surface area (Å²) in [5.74, 6) is 1.14. The van der Waals surface area contributed by atoms with Crippen LogP contribution in [0.4, 0.5) is 10.5 Å². The zero-order valence-corrected chi connectivity index (χ0v) is 12.6. The topological polar surface area (TPSA) is 76.4 Å². The van der Waals surface area contributed by atoms with Gasteiger partial charge in [0.25, 0.3) is 0 Å². The van der Waals surface area contributed by atoms with Crippen LogP contribution in [0, 0.1) is 5.92 Å². The number of benzene rings is 1. The van der Waals surface area contributed by atoms with Gasteiger partial charge in [0.15, 0.2) is 0 Å². The first-order valence-electron chi connectivity index (χ1n) is 7.65. The Morgan fingerprint density at radius 1 is 1.33 bits per heavy atom. The van der Waals surface area contributed by atoms with Crippen molar-refractivity contribution in [1.29, 1.82) is 0 Å². The Morgan fingerprint density at radius 3 is 2.71 bits per heavy atom. The van der Waals surface area contributed by atoms with Crippen LogP contribution in [-0.2, 0) is 0 Å². The Balaban J connectivity index is 1.93. The number of hydrogen-bond donors (Lipinski definition) is 3. The molecule has 1 aromatic carbocycles. The molecule has 1 atom stereocenters. The fraction of sp³-hybridized carbons (Fsp3) is 0.562. The van der Waals surface area contributed by atoms with Gasteiger partial charge in [-0.05, 0) is 30.9 Å². The zero-order chi connectivity index (χ0) is 15.1. The van der Waals surface area contributed by atoms with Crippen LogP contribution in [0.1, 0.15) is 32.1 Å². The SMILES string of the molecule is COc1ccccc1NC(=O)NC(CN)C1CCCCC1. The molecule has 5 heteroatoms. The Bertz CT molecular complexity index is 459. The van der Waals surface area contributed by atoms with E-state index in [4.69, 9.17) is 10.5 Å². The summed E-state index contributed by atoms with van der Waals surface area (Å²) >= 11 is 0. The van der Waals surface area contributed by atoms with Crippen LogP contribution in [0.15, 0.2) is 24.3 Å². The van der Waals surface area contributed by atoms with E-state index in [1.54, 1.807) is 7.11 Å².